The molecule has 0 radical (unpaired) electrons. The van der Waals surface area contributed by atoms with Crippen LogP contribution in [-0.2, 0) is 4.79 Å². The molecule has 4 nitrogen and oxygen atoms in total. The van der Waals surface area contributed by atoms with Crippen molar-refractivity contribution in [1.82, 2.24) is 4.90 Å². The summed E-state index contributed by atoms with van der Waals surface area (Å²) in [7, 11) is 0. The van der Waals surface area contributed by atoms with Gasteiger partial charge in [-0.15, -0.1) is 0 Å². The average molecular weight is 347 g/mol. The van der Waals surface area contributed by atoms with Crippen LogP contribution in [0.3, 0.4) is 0 Å². The summed E-state index contributed by atoms with van der Waals surface area (Å²) < 4.78 is 13.4. The molecule has 1 saturated heterocycles. The second-order valence-corrected chi connectivity index (χ2v) is 6.09. The quantitative estimate of drug-likeness (QED) is 0.836. The van der Waals surface area contributed by atoms with E-state index in [4.69, 9.17) is 11.6 Å². The summed E-state index contributed by atoms with van der Waals surface area (Å²) in [6.45, 7) is 2.39. The van der Waals surface area contributed by atoms with Crippen molar-refractivity contribution in [2.45, 2.75) is 13.0 Å². The van der Waals surface area contributed by atoms with Gasteiger partial charge in [-0.1, -0.05) is 17.7 Å². The number of benzene rings is 2. The standard InChI is InChI=1S/C18H16ClFN2O2/c1-12-17(23)22(16-4-2-3-15(20)11-16)10-9-21(12)18(24)13-5-7-14(19)8-6-13/h2-8,11-12H,9-10H2,1H3/t12-/m0/s1. The molecule has 1 heterocycles. The molecule has 0 N–H and O–H groups in total. The number of hydrogen-bond donors (Lipinski definition) is 0. The molecule has 0 unspecified atom stereocenters. The number of piperazine rings is 1. The van der Waals surface area contributed by atoms with Crippen LogP contribution in [0.15, 0.2) is 48.5 Å². The van der Waals surface area contributed by atoms with E-state index in [2.05, 4.69) is 0 Å². The summed E-state index contributed by atoms with van der Waals surface area (Å²) in [6.07, 6.45) is 0. The maximum atomic E-state index is 13.4. The van der Waals surface area contributed by atoms with Crippen LogP contribution >= 0.6 is 11.6 Å². The van der Waals surface area contributed by atoms with E-state index < -0.39 is 11.9 Å². The van der Waals surface area contributed by atoms with E-state index in [1.807, 2.05) is 0 Å². The molecule has 1 atom stereocenters. The van der Waals surface area contributed by atoms with Crippen LogP contribution in [0.25, 0.3) is 0 Å². The molecule has 0 aliphatic carbocycles. The fourth-order valence-electron chi connectivity index (χ4n) is 2.81. The molecule has 2 amide bonds. The molecule has 1 aliphatic heterocycles. The lowest BCUT2D eigenvalue weighted by Gasteiger charge is -2.39. The van der Waals surface area contributed by atoms with Gasteiger partial charge in [0.2, 0.25) is 5.91 Å². The topological polar surface area (TPSA) is 40.6 Å². The fraction of sp³-hybridized carbons (Fsp3) is 0.222. The minimum absolute atomic E-state index is 0.216. The first-order chi connectivity index (χ1) is 11.5. The summed E-state index contributed by atoms with van der Waals surface area (Å²) in [4.78, 5) is 28.3. The van der Waals surface area contributed by atoms with E-state index in [9.17, 15) is 14.0 Å². The van der Waals surface area contributed by atoms with Crippen molar-refractivity contribution in [3.63, 3.8) is 0 Å². The zero-order valence-corrected chi connectivity index (χ0v) is 13.8. The Hall–Kier alpha value is -2.40. The van der Waals surface area contributed by atoms with E-state index in [0.29, 0.717) is 29.4 Å². The van der Waals surface area contributed by atoms with Crippen molar-refractivity contribution in [1.29, 1.82) is 0 Å². The highest BCUT2D eigenvalue weighted by Crippen LogP contribution is 2.22. The van der Waals surface area contributed by atoms with Crippen molar-refractivity contribution in [2.75, 3.05) is 18.0 Å². The first kappa shape index (κ1) is 16.5. The molecule has 2 aromatic rings. The average Bonchev–Trinajstić information content (AvgIpc) is 2.57. The highest BCUT2D eigenvalue weighted by Gasteiger charge is 2.35. The summed E-state index contributed by atoms with van der Waals surface area (Å²) in [5, 5.41) is 0.548. The minimum atomic E-state index is -0.620. The van der Waals surface area contributed by atoms with Crippen LogP contribution < -0.4 is 4.90 Å². The van der Waals surface area contributed by atoms with E-state index in [1.165, 1.54) is 21.9 Å². The Labute approximate surface area is 144 Å². The maximum Gasteiger partial charge on any atom is 0.254 e. The van der Waals surface area contributed by atoms with Crippen LogP contribution in [0.1, 0.15) is 17.3 Å². The van der Waals surface area contributed by atoms with Gasteiger partial charge in [0, 0.05) is 29.4 Å². The number of hydrogen-bond acceptors (Lipinski definition) is 2. The zero-order chi connectivity index (χ0) is 17.3. The lowest BCUT2D eigenvalue weighted by atomic mass is 10.1. The van der Waals surface area contributed by atoms with E-state index >= 15 is 0 Å². The maximum absolute atomic E-state index is 13.4. The van der Waals surface area contributed by atoms with Gasteiger partial charge in [0.15, 0.2) is 0 Å². The van der Waals surface area contributed by atoms with Crippen LogP contribution in [0.4, 0.5) is 10.1 Å². The van der Waals surface area contributed by atoms with E-state index in [1.54, 1.807) is 43.3 Å². The van der Waals surface area contributed by atoms with Crippen molar-refractivity contribution < 1.29 is 14.0 Å². The number of rotatable bonds is 2. The van der Waals surface area contributed by atoms with Gasteiger partial charge in [0.1, 0.15) is 11.9 Å². The number of carbonyl (C=O) groups excluding carboxylic acids is 2. The SMILES string of the molecule is C[C@H]1C(=O)N(c2cccc(F)c2)CCN1C(=O)c1ccc(Cl)cc1. The van der Waals surface area contributed by atoms with Gasteiger partial charge in [-0.05, 0) is 49.4 Å². The molecule has 1 fully saturated rings. The Morgan fingerprint density at radius 2 is 1.88 bits per heavy atom. The molecular weight excluding hydrogens is 331 g/mol. The first-order valence-electron chi connectivity index (χ1n) is 7.61. The molecule has 124 valence electrons. The van der Waals surface area contributed by atoms with Gasteiger partial charge in [0.05, 0.1) is 0 Å². The van der Waals surface area contributed by atoms with Crippen molar-refractivity contribution in [2.24, 2.45) is 0 Å². The third kappa shape index (κ3) is 3.12. The second kappa shape index (κ2) is 6.61. The lowest BCUT2D eigenvalue weighted by molar-refractivity contribution is -0.124. The Morgan fingerprint density at radius 1 is 1.17 bits per heavy atom. The Kier molecular flexibility index (Phi) is 4.53. The van der Waals surface area contributed by atoms with Crippen LogP contribution in [0, 0.1) is 5.82 Å². The summed E-state index contributed by atoms with van der Waals surface area (Å²) >= 11 is 5.84. The predicted molar refractivity (Wildman–Crippen MR) is 90.7 cm³/mol. The number of anilines is 1. The Morgan fingerprint density at radius 3 is 2.54 bits per heavy atom. The fourth-order valence-corrected chi connectivity index (χ4v) is 2.93. The number of nitrogens with zero attached hydrogens (tertiary/aromatic N) is 2. The summed E-state index contributed by atoms with van der Waals surface area (Å²) in [5.41, 5.74) is 0.990. The van der Waals surface area contributed by atoms with Gasteiger partial charge in [0.25, 0.3) is 5.91 Å². The highest BCUT2D eigenvalue weighted by atomic mass is 35.5. The Balaban J connectivity index is 1.79. The van der Waals surface area contributed by atoms with E-state index in [-0.39, 0.29) is 11.8 Å². The van der Waals surface area contributed by atoms with E-state index in [0.717, 1.165) is 0 Å². The largest absolute Gasteiger partial charge is 0.325 e. The predicted octanol–water partition coefficient (Wildman–Crippen LogP) is 3.36. The monoisotopic (exact) mass is 346 g/mol. The molecule has 0 spiro atoms. The zero-order valence-electron chi connectivity index (χ0n) is 13.1. The molecule has 0 bridgehead atoms. The molecule has 0 aromatic heterocycles. The molecular formula is C18H16ClFN2O2. The van der Waals surface area contributed by atoms with Gasteiger partial charge in [-0.2, -0.15) is 0 Å². The van der Waals surface area contributed by atoms with Crippen molar-refractivity contribution in [3.8, 4) is 0 Å². The molecule has 6 heteroatoms. The molecule has 3 rings (SSSR count). The van der Waals surface area contributed by atoms with Gasteiger partial charge in [-0.25, -0.2) is 4.39 Å². The number of halogens is 2. The first-order valence-corrected chi connectivity index (χ1v) is 7.98. The summed E-state index contributed by atoms with van der Waals surface area (Å²) in [5.74, 6) is -0.840. The number of carbonyl (C=O) groups is 2. The third-order valence-corrected chi connectivity index (χ3v) is 4.38. The molecule has 0 saturated carbocycles. The lowest BCUT2D eigenvalue weighted by Crippen LogP contribution is -2.57. The highest BCUT2D eigenvalue weighted by molar-refractivity contribution is 6.30. The molecule has 24 heavy (non-hydrogen) atoms. The van der Waals surface area contributed by atoms with Crippen LogP contribution in [0.2, 0.25) is 5.02 Å². The molecule has 1 aliphatic rings. The smallest absolute Gasteiger partial charge is 0.254 e. The van der Waals surface area contributed by atoms with Crippen molar-refractivity contribution >= 4 is 29.1 Å². The van der Waals surface area contributed by atoms with Gasteiger partial charge in [-0.3, -0.25) is 9.59 Å². The van der Waals surface area contributed by atoms with Crippen LogP contribution in [-0.4, -0.2) is 35.8 Å². The van der Waals surface area contributed by atoms with Gasteiger partial charge < -0.3 is 9.80 Å². The van der Waals surface area contributed by atoms with Crippen molar-refractivity contribution in [3.05, 3.63) is 64.9 Å². The van der Waals surface area contributed by atoms with Gasteiger partial charge >= 0.3 is 0 Å². The summed E-state index contributed by atoms with van der Waals surface area (Å²) in [6, 6.07) is 11.8. The number of amides is 2. The van der Waals surface area contributed by atoms with Crippen LogP contribution in [0.5, 0.6) is 0 Å². The second-order valence-electron chi connectivity index (χ2n) is 5.65. The normalized spacial score (nSPS) is 18.0. The minimum Gasteiger partial charge on any atom is -0.325 e. The molecule has 2 aromatic carbocycles. The third-order valence-electron chi connectivity index (χ3n) is 4.13. The Bertz CT molecular complexity index is 779.